The number of likely N-dealkylation sites (N-methyl/N-ethyl adjacent to an activating group) is 1. The first-order valence-corrected chi connectivity index (χ1v) is 8.36. The molecule has 1 heterocycles. The van der Waals surface area contributed by atoms with Crippen molar-refractivity contribution in [2.24, 2.45) is 5.92 Å². The Morgan fingerprint density at radius 3 is 2.65 bits per heavy atom. The van der Waals surface area contributed by atoms with Gasteiger partial charge in [0.1, 0.15) is 6.61 Å². The van der Waals surface area contributed by atoms with E-state index < -0.39 is 6.10 Å². The molecule has 2 fully saturated rings. The Balaban J connectivity index is 1.72. The smallest absolute Gasteiger partial charge is 0.251 e. The van der Waals surface area contributed by atoms with E-state index in [1.807, 2.05) is 30.3 Å². The lowest BCUT2D eigenvalue weighted by Gasteiger charge is -2.38. The number of benzene rings is 1. The predicted octanol–water partition coefficient (Wildman–Crippen LogP) is 1.89. The van der Waals surface area contributed by atoms with Crippen molar-refractivity contribution in [3.8, 4) is 0 Å². The van der Waals surface area contributed by atoms with Crippen molar-refractivity contribution < 1.29 is 14.3 Å². The van der Waals surface area contributed by atoms with Crippen molar-refractivity contribution in [3.05, 3.63) is 35.9 Å². The number of rotatable bonds is 4. The minimum absolute atomic E-state index is 0.0403. The van der Waals surface area contributed by atoms with Crippen LogP contribution >= 0.6 is 0 Å². The van der Waals surface area contributed by atoms with Gasteiger partial charge in [0.05, 0.1) is 6.04 Å². The summed E-state index contributed by atoms with van der Waals surface area (Å²) in [4.78, 5) is 26.2. The first-order valence-electron chi connectivity index (χ1n) is 8.36. The molecule has 0 radical (unpaired) electrons. The topological polar surface area (TPSA) is 58.6 Å². The van der Waals surface area contributed by atoms with Gasteiger partial charge in [-0.05, 0) is 24.3 Å². The number of amides is 2. The summed E-state index contributed by atoms with van der Waals surface area (Å²) >= 11 is 0. The molecule has 0 bridgehead atoms. The molecule has 1 aromatic rings. The van der Waals surface area contributed by atoms with E-state index >= 15 is 0 Å². The first kappa shape index (κ1) is 16.0. The number of carbonyl (C=O) groups excluding carboxylic acids is 2. The van der Waals surface area contributed by atoms with E-state index in [0.29, 0.717) is 12.5 Å². The SMILES string of the molecule is CN1C(=O)CO[C@@H](C(=O)NCC2CCCC2)[C@H]1c1ccccc1. The maximum atomic E-state index is 12.6. The average molecular weight is 316 g/mol. The standard InChI is InChI=1S/C18H24N2O3/c1-20-15(21)12-23-17(16(20)14-9-3-2-4-10-14)18(22)19-11-13-7-5-6-8-13/h2-4,9-10,13,16-17H,5-8,11-12H2,1H3,(H,19,22)/t16-,17-/m1/s1. The molecule has 0 aromatic heterocycles. The fourth-order valence-electron chi connectivity index (χ4n) is 3.54. The Bertz CT molecular complexity index is 555. The molecule has 2 aliphatic rings. The summed E-state index contributed by atoms with van der Waals surface area (Å²) in [6, 6.07) is 9.23. The van der Waals surface area contributed by atoms with E-state index in [2.05, 4.69) is 5.32 Å². The largest absolute Gasteiger partial charge is 0.356 e. The molecule has 1 N–H and O–H groups in total. The maximum absolute atomic E-state index is 12.6. The molecule has 5 nitrogen and oxygen atoms in total. The number of morpholine rings is 1. The third kappa shape index (κ3) is 3.55. The molecule has 5 heteroatoms. The Morgan fingerprint density at radius 1 is 1.26 bits per heavy atom. The molecule has 0 unspecified atom stereocenters. The minimum Gasteiger partial charge on any atom is -0.356 e. The fraction of sp³-hybridized carbons (Fsp3) is 0.556. The van der Waals surface area contributed by atoms with E-state index in [9.17, 15) is 9.59 Å². The molecule has 2 amide bonds. The number of carbonyl (C=O) groups is 2. The van der Waals surface area contributed by atoms with Crippen molar-refractivity contribution in [2.45, 2.75) is 37.8 Å². The van der Waals surface area contributed by atoms with Gasteiger partial charge in [0.2, 0.25) is 5.91 Å². The normalized spacial score (nSPS) is 25.6. The van der Waals surface area contributed by atoms with Crippen molar-refractivity contribution in [2.75, 3.05) is 20.2 Å². The molecule has 23 heavy (non-hydrogen) atoms. The van der Waals surface area contributed by atoms with E-state index in [4.69, 9.17) is 4.74 Å². The molecule has 1 saturated heterocycles. The first-order chi connectivity index (χ1) is 11.2. The van der Waals surface area contributed by atoms with E-state index in [1.54, 1.807) is 11.9 Å². The zero-order chi connectivity index (χ0) is 16.2. The van der Waals surface area contributed by atoms with E-state index in [-0.39, 0.29) is 24.5 Å². The highest BCUT2D eigenvalue weighted by Gasteiger charge is 2.40. The molecule has 1 aliphatic carbocycles. The van der Waals surface area contributed by atoms with Gasteiger partial charge in [-0.15, -0.1) is 0 Å². The molecular formula is C18H24N2O3. The van der Waals surface area contributed by atoms with Crippen LogP contribution in [0.3, 0.4) is 0 Å². The van der Waals surface area contributed by atoms with Crippen LogP contribution in [0.15, 0.2) is 30.3 Å². The van der Waals surface area contributed by atoms with Crippen molar-refractivity contribution in [1.82, 2.24) is 10.2 Å². The van der Waals surface area contributed by atoms with Gasteiger partial charge in [-0.1, -0.05) is 43.2 Å². The summed E-state index contributed by atoms with van der Waals surface area (Å²) in [6.45, 7) is 0.666. The van der Waals surface area contributed by atoms with Crippen LogP contribution in [0.4, 0.5) is 0 Å². The van der Waals surface area contributed by atoms with Crippen LogP contribution in [0.2, 0.25) is 0 Å². The maximum Gasteiger partial charge on any atom is 0.251 e. The van der Waals surface area contributed by atoms with Crippen LogP contribution in [0.1, 0.15) is 37.3 Å². The van der Waals surface area contributed by atoms with E-state index in [1.165, 1.54) is 25.7 Å². The van der Waals surface area contributed by atoms with Crippen molar-refractivity contribution in [1.29, 1.82) is 0 Å². The Morgan fingerprint density at radius 2 is 1.96 bits per heavy atom. The van der Waals surface area contributed by atoms with Crippen LogP contribution in [0.5, 0.6) is 0 Å². The predicted molar refractivity (Wildman–Crippen MR) is 86.7 cm³/mol. The molecule has 3 rings (SSSR count). The summed E-state index contributed by atoms with van der Waals surface area (Å²) in [5.41, 5.74) is 0.920. The third-order valence-corrected chi connectivity index (χ3v) is 4.92. The molecule has 1 aliphatic heterocycles. The highest BCUT2D eigenvalue weighted by Crippen LogP contribution is 2.29. The van der Waals surface area contributed by atoms with Gasteiger partial charge in [0.25, 0.3) is 5.91 Å². The summed E-state index contributed by atoms with van der Waals surface area (Å²) in [5.74, 6) is 0.362. The van der Waals surface area contributed by atoms with Gasteiger partial charge in [0.15, 0.2) is 6.10 Å². The van der Waals surface area contributed by atoms with Gasteiger partial charge in [-0.3, -0.25) is 9.59 Å². The van der Waals surface area contributed by atoms with Crippen molar-refractivity contribution in [3.63, 3.8) is 0 Å². The molecule has 0 spiro atoms. The second kappa shape index (κ2) is 7.13. The summed E-state index contributed by atoms with van der Waals surface area (Å²) < 4.78 is 5.60. The lowest BCUT2D eigenvalue weighted by molar-refractivity contribution is -0.162. The van der Waals surface area contributed by atoms with Gasteiger partial charge >= 0.3 is 0 Å². The summed E-state index contributed by atoms with van der Waals surface area (Å²) in [6.07, 6.45) is 4.23. The van der Waals surface area contributed by atoms with Crippen LogP contribution < -0.4 is 5.32 Å². The van der Waals surface area contributed by atoms with Crippen LogP contribution in [-0.2, 0) is 14.3 Å². The van der Waals surface area contributed by atoms with Crippen LogP contribution in [-0.4, -0.2) is 43.0 Å². The number of hydrogen-bond donors (Lipinski definition) is 1. The Kier molecular flexibility index (Phi) is 4.96. The second-order valence-corrected chi connectivity index (χ2v) is 6.49. The minimum atomic E-state index is -0.651. The molecule has 1 saturated carbocycles. The Labute approximate surface area is 137 Å². The monoisotopic (exact) mass is 316 g/mol. The number of nitrogens with zero attached hydrogens (tertiary/aromatic N) is 1. The molecule has 2 atom stereocenters. The highest BCUT2D eigenvalue weighted by molar-refractivity contribution is 5.86. The zero-order valence-corrected chi connectivity index (χ0v) is 13.5. The number of hydrogen-bond acceptors (Lipinski definition) is 3. The van der Waals surface area contributed by atoms with Gasteiger partial charge in [-0.25, -0.2) is 0 Å². The number of ether oxygens (including phenoxy) is 1. The average Bonchev–Trinajstić information content (AvgIpc) is 3.09. The van der Waals surface area contributed by atoms with Gasteiger partial charge < -0.3 is 15.0 Å². The third-order valence-electron chi connectivity index (χ3n) is 4.92. The summed E-state index contributed by atoms with van der Waals surface area (Å²) in [7, 11) is 1.74. The number of nitrogens with one attached hydrogen (secondary N) is 1. The van der Waals surface area contributed by atoms with Crippen LogP contribution in [0.25, 0.3) is 0 Å². The van der Waals surface area contributed by atoms with Crippen molar-refractivity contribution >= 4 is 11.8 Å². The fourth-order valence-corrected chi connectivity index (χ4v) is 3.54. The van der Waals surface area contributed by atoms with Crippen LogP contribution in [0, 0.1) is 5.92 Å². The Hall–Kier alpha value is -1.88. The van der Waals surface area contributed by atoms with E-state index in [0.717, 1.165) is 5.56 Å². The molecular weight excluding hydrogens is 292 g/mol. The highest BCUT2D eigenvalue weighted by atomic mass is 16.5. The molecule has 124 valence electrons. The lowest BCUT2D eigenvalue weighted by atomic mass is 9.97. The van der Waals surface area contributed by atoms with Gasteiger partial charge in [0, 0.05) is 13.6 Å². The second-order valence-electron chi connectivity index (χ2n) is 6.49. The lowest BCUT2D eigenvalue weighted by Crippen LogP contribution is -2.53. The summed E-state index contributed by atoms with van der Waals surface area (Å²) in [5, 5.41) is 3.03. The zero-order valence-electron chi connectivity index (χ0n) is 13.5. The molecule has 1 aromatic carbocycles. The van der Waals surface area contributed by atoms with Gasteiger partial charge in [-0.2, -0.15) is 0 Å². The quantitative estimate of drug-likeness (QED) is 0.923.